The first-order valence-electron chi connectivity index (χ1n) is 3.12. The fraction of sp³-hybridized carbons (Fsp3) is 0. The van der Waals surface area contributed by atoms with Crippen molar-refractivity contribution in [3.8, 4) is 0 Å². The number of hydrogen-bond donors (Lipinski definition) is 0. The Morgan fingerprint density at radius 2 is 1.25 bits per heavy atom. The fourth-order valence-corrected chi connectivity index (χ4v) is 0.910. The molecule has 1 radical (unpaired) electrons. The molecule has 4 heteroatoms. The van der Waals surface area contributed by atoms with E-state index < -0.39 is 0 Å². The van der Waals surface area contributed by atoms with E-state index in [0.717, 1.165) is 11.0 Å². The van der Waals surface area contributed by atoms with Crippen LogP contribution < -0.4 is 0 Å². The molecule has 0 saturated heterocycles. The molecule has 0 bridgehead atoms. The molecule has 2 nitrogen and oxygen atoms in total. The van der Waals surface area contributed by atoms with Crippen LogP contribution in [0.1, 0.15) is 0 Å². The molecule has 0 fully saturated rings. The molecule has 0 amide bonds. The standard InChI is InChI=1S/C8H6N2.Co.Ni/c1-2-4-8-7(3-1)9-5-6-10-8;;/h1-6H;;. The first-order valence-corrected chi connectivity index (χ1v) is 3.12. The van der Waals surface area contributed by atoms with Crippen molar-refractivity contribution < 1.29 is 33.3 Å². The first-order chi connectivity index (χ1) is 4.97. The van der Waals surface area contributed by atoms with Gasteiger partial charge in [0.25, 0.3) is 0 Å². The second kappa shape index (κ2) is 5.25. The second-order valence-corrected chi connectivity index (χ2v) is 2.05. The SMILES string of the molecule is [Co].[Ni].c1ccc2nccnc2c1. The van der Waals surface area contributed by atoms with E-state index in [1.807, 2.05) is 24.3 Å². The minimum Gasteiger partial charge on any atom is -0.253 e. The van der Waals surface area contributed by atoms with Gasteiger partial charge in [-0.1, -0.05) is 12.1 Å². The number of nitrogens with zero attached hydrogens (tertiary/aromatic N) is 2. The van der Waals surface area contributed by atoms with Crippen molar-refractivity contribution in [3.05, 3.63) is 36.7 Å². The van der Waals surface area contributed by atoms with Crippen molar-refractivity contribution >= 4 is 11.0 Å². The number of rotatable bonds is 0. The van der Waals surface area contributed by atoms with Crippen molar-refractivity contribution in [1.29, 1.82) is 0 Å². The Hall–Kier alpha value is -0.440. The van der Waals surface area contributed by atoms with Gasteiger partial charge in [-0.05, 0) is 12.1 Å². The predicted molar refractivity (Wildman–Crippen MR) is 39.5 cm³/mol. The smallest absolute Gasteiger partial charge is 0.0886 e. The van der Waals surface area contributed by atoms with Crippen molar-refractivity contribution in [2.45, 2.75) is 0 Å². The van der Waals surface area contributed by atoms with Gasteiger partial charge in [-0.2, -0.15) is 0 Å². The van der Waals surface area contributed by atoms with Crippen molar-refractivity contribution in [2.24, 2.45) is 0 Å². The third kappa shape index (κ3) is 2.27. The molecular formula is C8H6CoN2Ni. The average molecular weight is 248 g/mol. The molecular weight excluding hydrogens is 242 g/mol. The van der Waals surface area contributed by atoms with E-state index in [1.54, 1.807) is 12.4 Å². The van der Waals surface area contributed by atoms with Gasteiger partial charge in [0.15, 0.2) is 0 Å². The summed E-state index contributed by atoms with van der Waals surface area (Å²) in [6, 6.07) is 7.80. The summed E-state index contributed by atoms with van der Waals surface area (Å²) < 4.78 is 0. The molecule has 0 saturated carbocycles. The van der Waals surface area contributed by atoms with Gasteiger partial charge in [0, 0.05) is 45.7 Å². The molecule has 2 aromatic rings. The second-order valence-electron chi connectivity index (χ2n) is 2.05. The molecule has 0 atom stereocenters. The molecule has 0 aliphatic rings. The monoisotopic (exact) mass is 247 g/mol. The van der Waals surface area contributed by atoms with Crippen molar-refractivity contribution in [1.82, 2.24) is 9.97 Å². The Bertz CT molecular complexity index is 288. The molecule has 0 aliphatic heterocycles. The van der Waals surface area contributed by atoms with Crippen LogP contribution in [-0.4, -0.2) is 9.97 Å². The Morgan fingerprint density at radius 3 is 1.67 bits per heavy atom. The molecule has 2 rings (SSSR count). The number of para-hydroxylation sites is 2. The van der Waals surface area contributed by atoms with Crippen LogP contribution >= 0.6 is 0 Å². The Kier molecular flexibility index (Phi) is 5.06. The largest absolute Gasteiger partial charge is 0.253 e. The summed E-state index contributed by atoms with van der Waals surface area (Å²) in [5, 5.41) is 0. The summed E-state index contributed by atoms with van der Waals surface area (Å²) in [7, 11) is 0. The van der Waals surface area contributed by atoms with E-state index >= 15 is 0 Å². The van der Waals surface area contributed by atoms with Crippen LogP contribution in [0.2, 0.25) is 0 Å². The van der Waals surface area contributed by atoms with Gasteiger partial charge in [-0.3, -0.25) is 9.97 Å². The van der Waals surface area contributed by atoms with Gasteiger partial charge in [0.05, 0.1) is 11.0 Å². The summed E-state index contributed by atoms with van der Waals surface area (Å²) >= 11 is 0. The summed E-state index contributed by atoms with van der Waals surface area (Å²) in [6.45, 7) is 0. The van der Waals surface area contributed by atoms with Crippen molar-refractivity contribution in [3.63, 3.8) is 0 Å². The molecule has 67 valence electrons. The predicted octanol–water partition coefficient (Wildman–Crippen LogP) is 1.62. The maximum Gasteiger partial charge on any atom is 0.0886 e. The van der Waals surface area contributed by atoms with Crippen LogP contribution in [0.4, 0.5) is 0 Å². The minimum absolute atomic E-state index is 0. The maximum atomic E-state index is 4.12. The number of fused-ring (bicyclic) bond motifs is 1. The van der Waals surface area contributed by atoms with Crippen LogP contribution in [-0.2, 0) is 33.3 Å². The van der Waals surface area contributed by atoms with Gasteiger partial charge in [0.1, 0.15) is 0 Å². The number of benzene rings is 1. The van der Waals surface area contributed by atoms with Gasteiger partial charge >= 0.3 is 0 Å². The average Bonchev–Trinajstić information content (AvgIpc) is 2.05. The molecule has 1 heterocycles. The third-order valence-electron chi connectivity index (χ3n) is 1.38. The molecule has 0 unspecified atom stereocenters. The fourth-order valence-electron chi connectivity index (χ4n) is 0.910. The Morgan fingerprint density at radius 1 is 0.833 bits per heavy atom. The zero-order valence-electron chi connectivity index (χ0n) is 6.01. The Balaban J connectivity index is 0.000000605. The number of aromatic nitrogens is 2. The van der Waals surface area contributed by atoms with Crippen LogP contribution in [0.3, 0.4) is 0 Å². The van der Waals surface area contributed by atoms with Crippen LogP contribution in [0.5, 0.6) is 0 Å². The van der Waals surface area contributed by atoms with Gasteiger partial charge in [0.2, 0.25) is 0 Å². The topological polar surface area (TPSA) is 25.8 Å². The van der Waals surface area contributed by atoms with Crippen LogP contribution in [0, 0.1) is 0 Å². The molecule has 1 aromatic carbocycles. The van der Waals surface area contributed by atoms with E-state index in [2.05, 4.69) is 9.97 Å². The van der Waals surface area contributed by atoms with Gasteiger partial charge in [-0.25, -0.2) is 0 Å². The van der Waals surface area contributed by atoms with Crippen LogP contribution in [0.25, 0.3) is 11.0 Å². The molecule has 0 spiro atoms. The van der Waals surface area contributed by atoms with E-state index in [4.69, 9.17) is 0 Å². The zero-order chi connectivity index (χ0) is 6.81. The molecule has 0 N–H and O–H groups in total. The summed E-state index contributed by atoms with van der Waals surface area (Å²) in [4.78, 5) is 8.24. The van der Waals surface area contributed by atoms with E-state index in [1.165, 1.54) is 0 Å². The zero-order valence-corrected chi connectivity index (χ0v) is 8.04. The summed E-state index contributed by atoms with van der Waals surface area (Å²) in [5.41, 5.74) is 1.90. The normalized spacial score (nSPS) is 8.33. The van der Waals surface area contributed by atoms with Gasteiger partial charge in [-0.15, -0.1) is 0 Å². The quantitative estimate of drug-likeness (QED) is 0.662. The summed E-state index contributed by atoms with van der Waals surface area (Å²) in [6.07, 6.45) is 3.39. The molecule has 1 aromatic heterocycles. The molecule has 0 aliphatic carbocycles. The minimum atomic E-state index is 0. The first kappa shape index (κ1) is 11.6. The van der Waals surface area contributed by atoms with Crippen molar-refractivity contribution in [2.75, 3.05) is 0 Å². The number of hydrogen-bond acceptors (Lipinski definition) is 2. The molecule has 12 heavy (non-hydrogen) atoms. The van der Waals surface area contributed by atoms with E-state index in [0.29, 0.717) is 0 Å². The van der Waals surface area contributed by atoms with Gasteiger partial charge < -0.3 is 0 Å². The third-order valence-corrected chi connectivity index (χ3v) is 1.38. The summed E-state index contributed by atoms with van der Waals surface area (Å²) in [5.74, 6) is 0. The maximum absolute atomic E-state index is 4.12. The van der Waals surface area contributed by atoms with E-state index in [9.17, 15) is 0 Å². The Labute approximate surface area is 90.9 Å². The van der Waals surface area contributed by atoms with E-state index in [-0.39, 0.29) is 33.3 Å². The van der Waals surface area contributed by atoms with Crippen LogP contribution in [0.15, 0.2) is 36.7 Å².